The number of nitrogens with zero attached hydrogens (tertiary/aromatic N) is 1. The Kier molecular flexibility index (Phi) is 8.14. The first kappa shape index (κ1) is 13.9. The molecule has 14 heavy (non-hydrogen) atoms. The van der Waals surface area contributed by atoms with Gasteiger partial charge in [0, 0.05) is 32.3 Å². The van der Waals surface area contributed by atoms with Crippen molar-refractivity contribution >= 4 is 0 Å². The molecule has 1 atom stereocenters. The normalized spacial score (nSPS) is 13.9. The Bertz CT molecular complexity index is 128. The highest BCUT2D eigenvalue weighted by molar-refractivity contribution is 4.71. The summed E-state index contributed by atoms with van der Waals surface area (Å²) in [4.78, 5) is 2.49. The van der Waals surface area contributed by atoms with Gasteiger partial charge in [-0.2, -0.15) is 0 Å². The molecule has 0 bridgehead atoms. The molecule has 0 aliphatic carbocycles. The molecule has 1 N–H and O–H groups in total. The average molecular weight is 202 g/mol. The number of ether oxygens (including phenoxy) is 1. The smallest absolute Gasteiger partial charge is 0.0587 e. The molecular weight excluding hydrogens is 176 g/mol. The van der Waals surface area contributed by atoms with Crippen molar-refractivity contribution in [3.05, 3.63) is 0 Å². The van der Waals surface area contributed by atoms with Gasteiger partial charge in [-0.25, -0.2) is 0 Å². The largest absolute Gasteiger partial charge is 0.383 e. The molecule has 0 heterocycles. The van der Waals surface area contributed by atoms with Crippen molar-refractivity contribution in [2.45, 2.75) is 39.8 Å². The Balaban J connectivity index is 3.64. The molecule has 3 heteroatoms. The highest BCUT2D eigenvalue weighted by Gasteiger charge is 2.13. The third kappa shape index (κ3) is 5.58. The molecule has 0 saturated heterocycles. The van der Waals surface area contributed by atoms with E-state index in [0.29, 0.717) is 12.1 Å². The van der Waals surface area contributed by atoms with Crippen LogP contribution in [0.25, 0.3) is 0 Å². The van der Waals surface area contributed by atoms with Crippen molar-refractivity contribution in [1.82, 2.24) is 10.2 Å². The third-order valence-electron chi connectivity index (χ3n) is 2.52. The zero-order chi connectivity index (χ0) is 11.0. The molecule has 0 aromatic rings. The van der Waals surface area contributed by atoms with Gasteiger partial charge in [-0.3, -0.25) is 4.90 Å². The SMILES string of the molecule is CCN(C(C)C)C(C)CNCCOC. The van der Waals surface area contributed by atoms with Crippen LogP contribution in [-0.4, -0.2) is 50.3 Å². The first-order valence-corrected chi connectivity index (χ1v) is 5.58. The van der Waals surface area contributed by atoms with E-state index in [1.54, 1.807) is 7.11 Å². The molecule has 0 fully saturated rings. The predicted octanol–water partition coefficient (Wildman–Crippen LogP) is 1.34. The van der Waals surface area contributed by atoms with Crippen LogP contribution in [-0.2, 0) is 4.74 Å². The van der Waals surface area contributed by atoms with Crippen molar-refractivity contribution in [3.63, 3.8) is 0 Å². The molecule has 0 spiro atoms. The van der Waals surface area contributed by atoms with Gasteiger partial charge in [-0.05, 0) is 27.3 Å². The standard InChI is InChI=1S/C11H26N2O/c1-6-13(10(2)3)11(4)9-12-7-8-14-5/h10-12H,6-9H2,1-5H3. The zero-order valence-electron chi connectivity index (χ0n) is 10.3. The summed E-state index contributed by atoms with van der Waals surface area (Å²) in [6, 6.07) is 1.22. The molecule has 0 saturated carbocycles. The number of methoxy groups -OCH3 is 1. The van der Waals surface area contributed by atoms with Crippen LogP contribution in [0.4, 0.5) is 0 Å². The average Bonchev–Trinajstić information content (AvgIpc) is 2.13. The van der Waals surface area contributed by atoms with E-state index in [-0.39, 0.29) is 0 Å². The minimum absolute atomic E-state index is 0.594. The number of hydrogen-bond donors (Lipinski definition) is 1. The Morgan fingerprint density at radius 1 is 1.29 bits per heavy atom. The quantitative estimate of drug-likeness (QED) is 0.601. The van der Waals surface area contributed by atoms with Crippen molar-refractivity contribution in [2.75, 3.05) is 33.4 Å². The van der Waals surface area contributed by atoms with Crippen LogP contribution >= 0.6 is 0 Å². The topological polar surface area (TPSA) is 24.5 Å². The molecule has 0 aliphatic heterocycles. The number of nitrogens with one attached hydrogen (secondary N) is 1. The van der Waals surface area contributed by atoms with E-state index in [1.165, 1.54) is 0 Å². The van der Waals surface area contributed by atoms with Crippen molar-refractivity contribution < 1.29 is 4.74 Å². The van der Waals surface area contributed by atoms with E-state index in [2.05, 4.69) is 37.9 Å². The molecule has 0 rings (SSSR count). The van der Waals surface area contributed by atoms with Crippen LogP contribution < -0.4 is 5.32 Å². The molecule has 0 radical (unpaired) electrons. The maximum absolute atomic E-state index is 4.98. The van der Waals surface area contributed by atoms with E-state index in [9.17, 15) is 0 Å². The van der Waals surface area contributed by atoms with Crippen molar-refractivity contribution in [3.8, 4) is 0 Å². The van der Waals surface area contributed by atoms with Gasteiger partial charge in [0.15, 0.2) is 0 Å². The van der Waals surface area contributed by atoms with Gasteiger partial charge in [0.05, 0.1) is 6.61 Å². The summed E-state index contributed by atoms with van der Waals surface area (Å²) >= 11 is 0. The first-order chi connectivity index (χ1) is 6.63. The fourth-order valence-corrected chi connectivity index (χ4v) is 1.79. The summed E-state index contributed by atoms with van der Waals surface area (Å²) in [5, 5.41) is 3.39. The molecule has 0 aliphatic rings. The lowest BCUT2D eigenvalue weighted by molar-refractivity contribution is 0.162. The predicted molar refractivity (Wildman–Crippen MR) is 61.7 cm³/mol. The van der Waals surface area contributed by atoms with Gasteiger partial charge in [0.1, 0.15) is 0 Å². The Morgan fingerprint density at radius 2 is 1.93 bits per heavy atom. The molecule has 1 unspecified atom stereocenters. The van der Waals surface area contributed by atoms with Gasteiger partial charge in [-0.15, -0.1) is 0 Å². The summed E-state index contributed by atoms with van der Waals surface area (Å²) in [6.45, 7) is 12.9. The lowest BCUT2D eigenvalue weighted by Crippen LogP contribution is -2.44. The van der Waals surface area contributed by atoms with Crippen molar-refractivity contribution in [2.24, 2.45) is 0 Å². The van der Waals surface area contributed by atoms with Gasteiger partial charge >= 0.3 is 0 Å². The number of likely N-dealkylation sites (N-methyl/N-ethyl adjacent to an activating group) is 1. The Morgan fingerprint density at radius 3 is 2.36 bits per heavy atom. The summed E-state index contributed by atoms with van der Waals surface area (Å²) in [5.74, 6) is 0. The van der Waals surface area contributed by atoms with Crippen LogP contribution in [0.1, 0.15) is 27.7 Å². The fraction of sp³-hybridized carbons (Fsp3) is 1.00. The van der Waals surface area contributed by atoms with Crippen LogP contribution in [0.3, 0.4) is 0 Å². The van der Waals surface area contributed by atoms with Gasteiger partial charge in [-0.1, -0.05) is 6.92 Å². The molecular formula is C11H26N2O. The maximum atomic E-state index is 4.98. The zero-order valence-corrected chi connectivity index (χ0v) is 10.3. The molecule has 3 nitrogen and oxygen atoms in total. The number of hydrogen-bond acceptors (Lipinski definition) is 3. The minimum atomic E-state index is 0.594. The van der Waals surface area contributed by atoms with E-state index in [0.717, 1.165) is 26.2 Å². The maximum Gasteiger partial charge on any atom is 0.0587 e. The van der Waals surface area contributed by atoms with Crippen LogP contribution in [0, 0.1) is 0 Å². The fourth-order valence-electron chi connectivity index (χ4n) is 1.79. The van der Waals surface area contributed by atoms with E-state index >= 15 is 0 Å². The molecule has 86 valence electrons. The molecule has 0 aromatic carbocycles. The van der Waals surface area contributed by atoms with Crippen LogP contribution in [0.2, 0.25) is 0 Å². The summed E-state index contributed by atoms with van der Waals surface area (Å²) < 4.78 is 4.98. The molecule has 0 aromatic heterocycles. The summed E-state index contributed by atoms with van der Waals surface area (Å²) in [5.41, 5.74) is 0. The lowest BCUT2D eigenvalue weighted by Gasteiger charge is -2.31. The second kappa shape index (κ2) is 8.21. The minimum Gasteiger partial charge on any atom is -0.383 e. The third-order valence-corrected chi connectivity index (χ3v) is 2.52. The van der Waals surface area contributed by atoms with E-state index in [4.69, 9.17) is 4.74 Å². The van der Waals surface area contributed by atoms with E-state index < -0.39 is 0 Å². The second-order valence-corrected chi connectivity index (χ2v) is 3.97. The van der Waals surface area contributed by atoms with Gasteiger partial charge < -0.3 is 10.1 Å². The lowest BCUT2D eigenvalue weighted by atomic mass is 10.2. The van der Waals surface area contributed by atoms with Gasteiger partial charge in [0.25, 0.3) is 0 Å². The van der Waals surface area contributed by atoms with Crippen LogP contribution in [0.15, 0.2) is 0 Å². The second-order valence-electron chi connectivity index (χ2n) is 3.97. The van der Waals surface area contributed by atoms with Crippen LogP contribution in [0.5, 0.6) is 0 Å². The van der Waals surface area contributed by atoms with Crippen molar-refractivity contribution in [1.29, 1.82) is 0 Å². The summed E-state index contributed by atoms with van der Waals surface area (Å²) in [7, 11) is 1.73. The number of rotatable bonds is 8. The Labute approximate surface area is 88.8 Å². The molecule has 0 amide bonds. The van der Waals surface area contributed by atoms with E-state index in [1.807, 2.05) is 0 Å². The monoisotopic (exact) mass is 202 g/mol. The van der Waals surface area contributed by atoms with Gasteiger partial charge in [0.2, 0.25) is 0 Å². The highest BCUT2D eigenvalue weighted by atomic mass is 16.5. The Hall–Kier alpha value is -0.120. The first-order valence-electron chi connectivity index (χ1n) is 5.58. The summed E-state index contributed by atoms with van der Waals surface area (Å²) in [6.07, 6.45) is 0. The highest BCUT2D eigenvalue weighted by Crippen LogP contribution is 2.03.